The predicted molar refractivity (Wildman–Crippen MR) is 66.0 cm³/mol. The van der Waals surface area contributed by atoms with Gasteiger partial charge in [-0.15, -0.1) is 0 Å². The highest BCUT2D eigenvalue weighted by Gasteiger charge is 2.15. The summed E-state index contributed by atoms with van der Waals surface area (Å²) >= 11 is 0. The second-order valence-corrected chi connectivity index (χ2v) is 3.97. The molecule has 1 amide bonds. The Kier molecular flexibility index (Phi) is 5.63. The normalized spacial score (nSPS) is 12.2. The van der Waals surface area contributed by atoms with Crippen LogP contribution in [0.25, 0.3) is 0 Å². The molecule has 0 aliphatic heterocycles. The Bertz CT molecular complexity index is 368. The van der Waals surface area contributed by atoms with Gasteiger partial charge in [-0.05, 0) is 19.5 Å². The summed E-state index contributed by atoms with van der Waals surface area (Å²) in [5.74, 6) is -0.383. The molecule has 0 saturated heterocycles. The van der Waals surface area contributed by atoms with Crippen molar-refractivity contribution in [3.05, 3.63) is 35.6 Å². The van der Waals surface area contributed by atoms with E-state index in [1.165, 1.54) is 6.07 Å². The fraction of sp³-hybridized carbons (Fsp3) is 0.462. The zero-order valence-corrected chi connectivity index (χ0v) is 10.3. The molecule has 0 bridgehead atoms. The molecule has 0 aliphatic carbocycles. The van der Waals surface area contributed by atoms with Gasteiger partial charge in [-0.3, -0.25) is 4.79 Å². The number of hydrogen-bond acceptors (Lipinski definition) is 2. The highest BCUT2D eigenvalue weighted by molar-refractivity contribution is 5.78. The van der Waals surface area contributed by atoms with E-state index in [0.717, 1.165) is 6.42 Å². The highest BCUT2D eigenvalue weighted by atomic mass is 19.1. The molecular formula is C13H19FN2O. The minimum absolute atomic E-state index is 0.0369. The molecule has 0 radical (unpaired) electrons. The summed E-state index contributed by atoms with van der Waals surface area (Å²) in [6.45, 7) is 2.84. The molecule has 1 aromatic carbocycles. The van der Waals surface area contributed by atoms with Crippen LogP contribution < -0.4 is 10.6 Å². The predicted octanol–water partition coefficient (Wildman–Crippen LogP) is 1.69. The van der Waals surface area contributed by atoms with Crippen LogP contribution in [0, 0.1) is 11.7 Å². The first-order valence-corrected chi connectivity index (χ1v) is 5.84. The maximum absolute atomic E-state index is 13.3. The molecule has 1 atom stereocenters. The zero-order valence-electron chi connectivity index (χ0n) is 10.3. The van der Waals surface area contributed by atoms with E-state index in [1.54, 1.807) is 18.2 Å². The van der Waals surface area contributed by atoms with Crippen LogP contribution in [0.1, 0.15) is 18.9 Å². The molecule has 1 unspecified atom stereocenters. The van der Waals surface area contributed by atoms with Crippen LogP contribution in [-0.2, 0) is 11.3 Å². The molecule has 94 valence electrons. The lowest BCUT2D eigenvalue weighted by Gasteiger charge is -2.14. The first kappa shape index (κ1) is 13.6. The number of nitrogens with one attached hydrogen (secondary N) is 2. The number of carbonyl (C=O) groups is 1. The first-order chi connectivity index (χ1) is 8.19. The zero-order chi connectivity index (χ0) is 12.7. The Balaban J connectivity index is 2.50. The van der Waals surface area contributed by atoms with Crippen LogP contribution in [0.15, 0.2) is 24.3 Å². The molecule has 0 aromatic heterocycles. The minimum atomic E-state index is -0.283. The van der Waals surface area contributed by atoms with Crippen molar-refractivity contribution in [2.75, 3.05) is 13.6 Å². The van der Waals surface area contributed by atoms with E-state index in [4.69, 9.17) is 0 Å². The summed E-state index contributed by atoms with van der Waals surface area (Å²) in [5, 5.41) is 5.73. The lowest BCUT2D eigenvalue weighted by molar-refractivity contribution is -0.125. The fourth-order valence-electron chi connectivity index (χ4n) is 1.64. The number of benzene rings is 1. The van der Waals surface area contributed by atoms with Gasteiger partial charge in [-0.25, -0.2) is 4.39 Å². The van der Waals surface area contributed by atoms with Crippen molar-refractivity contribution in [3.8, 4) is 0 Å². The van der Waals surface area contributed by atoms with Gasteiger partial charge < -0.3 is 10.6 Å². The number of amides is 1. The van der Waals surface area contributed by atoms with Crippen LogP contribution in [-0.4, -0.2) is 19.5 Å². The quantitative estimate of drug-likeness (QED) is 0.792. The van der Waals surface area contributed by atoms with Crippen molar-refractivity contribution in [1.29, 1.82) is 0 Å². The molecule has 0 aliphatic rings. The minimum Gasteiger partial charge on any atom is -0.352 e. The number of rotatable bonds is 6. The third-order valence-corrected chi connectivity index (χ3v) is 2.73. The van der Waals surface area contributed by atoms with Crippen molar-refractivity contribution in [1.82, 2.24) is 10.6 Å². The standard InChI is InChI=1S/C13H19FN2O/c1-3-10(8-15-2)13(17)16-9-11-6-4-5-7-12(11)14/h4-7,10,15H,3,8-9H2,1-2H3,(H,16,17). The van der Waals surface area contributed by atoms with Crippen molar-refractivity contribution >= 4 is 5.91 Å². The van der Waals surface area contributed by atoms with E-state index in [9.17, 15) is 9.18 Å². The molecule has 4 heteroatoms. The van der Waals surface area contributed by atoms with Crippen LogP contribution in [0.2, 0.25) is 0 Å². The molecule has 1 rings (SSSR count). The monoisotopic (exact) mass is 238 g/mol. The second-order valence-electron chi connectivity index (χ2n) is 3.97. The Labute approximate surface area is 101 Å². The van der Waals surface area contributed by atoms with Gasteiger partial charge in [-0.2, -0.15) is 0 Å². The van der Waals surface area contributed by atoms with Gasteiger partial charge in [-0.1, -0.05) is 25.1 Å². The molecule has 2 N–H and O–H groups in total. The summed E-state index contributed by atoms with van der Waals surface area (Å²) in [6.07, 6.45) is 0.768. The first-order valence-electron chi connectivity index (χ1n) is 5.84. The third kappa shape index (κ3) is 4.15. The van der Waals surface area contributed by atoms with E-state index in [1.807, 2.05) is 14.0 Å². The lowest BCUT2D eigenvalue weighted by Crippen LogP contribution is -2.35. The van der Waals surface area contributed by atoms with Gasteiger partial charge in [0.25, 0.3) is 0 Å². The SMILES string of the molecule is CCC(CNC)C(=O)NCc1ccccc1F. The van der Waals surface area contributed by atoms with E-state index >= 15 is 0 Å². The van der Waals surface area contributed by atoms with E-state index in [0.29, 0.717) is 12.1 Å². The average molecular weight is 238 g/mol. The van der Waals surface area contributed by atoms with Crippen LogP contribution >= 0.6 is 0 Å². The Hall–Kier alpha value is -1.42. The maximum Gasteiger partial charge on any atom is 0.224 e. The molecule has 0 saturated carbocycles. The maximum atomic E-state index is 13.3. The molecule has 0 spiro atoms. The number of hydrogen-bond donors (Lipinski definition) is 2. The summed E-state index contributed by atoms with van der Waals surface area (Å²) < 4.78 is 13.3. The summed E-state index contributed by atoms with van der Waals surface area (Å²) in [4.78, 5) is 11.8. The van der Waals surface area contributed by atoms with E-state index in [2.05, 4.69) is 10.6 Å². The van der Waals surface area contributed by atoms with Gasteiger partial charge in [0.2, 0.25) is 5.91 Å². The summed E-state index contributed by atoms with van der Waals surface area (Å²) in [5.41, 5.74) is 0.514. The van der Waals surface area contributed by atoms with Crippen molar-refractivity contribution in [2.45, 2.75) is 19.9 Å². The summed E-state index contributed by atoms with van der Waals surface area (Å²) in [7, 11) is 1.81. The number of halogens is 1. The molecule has 0 heterocycles. The Morgan fingerprint density at radius 2 is 2.12 bits per heavy atom. The smallest absolute Gasteiger partial charge is 0.224 e. The Morgan fingerprint density at radius 1 is 1.41 bits per heavy atom. The average Bonchev–Trinajstić information content (AvgIpc) is 2.34. The third-order valence-electron chi connectivity index (χ3n) is 2.73. The van der Waals surface area contributed by atoms with Crippen molar-refractivity contribution in [3.63, 3.8) is 0 Å². The topological polar surface area (TPSA) is 41.1 Å². The van der Waals surface area contributed by atoms with Crippen LogP contribution in [0.4, 0.5) is 4.39 Å². The molecule has 3 nitrogen and oxygen atoms in total. The molecular weight excluding hydrogens is 219 g/mol. The molecule has 0 fully saturated rings. The lowest BCUT2D eigenvalue weighted by atomic mass is 10.1. The fourth-order valence-corrected chi connectivity index (χ4v) is 1.64. The van der Waals surface area contributed by atoms with Crippen LogP contribution in [0.3, 0.4) is 0 Å². The van der Waals surface area contributed by atoms with Gasteiger partial charge >= 0.3 is 0 Å². The van der Waals surface area contributed by atoms with E-state index in [-0.39, 0.29) is 24.2 Å². The molecule has 1 aromatic rings. The van der Waals surface area contributed by atoms with Gasteiger partial charge in [0.15, 0.2) is 0 Å². The van der Waals surface area contributed by atoms with Gasteiger partial charge in [0, 0.05) is 18.7 Å². The van der Waals surface area contributed by atoms with Gasteiger partial charge in [0.05, 0.1) is 5.92 Å². The van der Waals surface area contributed by atoms with E-state index < -0.39 is 0 Å². The van der Waals surface area contributed by atoms with Gasteiger partial charge in [0.1, 0.15) is 5.82 Å². The van der Waals surface area contributed by atoms with Crippen molar-refractivity contribution in [2.24, 2.45) is 5.92 Å². The van der Waals surface area contributed by atoms with Crippen molar-refractivity contribution < 1.29 is 9.18 Å². The largest absolute Gasteiger partial charge is 0.352 e. The molecule has 17 heavy (non-hydrogen) atoms. The highest BCUT2D eigenvalue weighted by Crippen LogP contribution is 2.07. The summed E-state index contributed by atoms with van der Waals surface area (Å²) in [6, 6.07) is 6.47. The van der Waals surface area contributed by atoms with Crippen LogP contribution in [0.5, 0.6) is 0 Å². The second kappa shape index (κ2) is 7.01. The number of carbonyl (C=O) groups excluding carboxylic acids is 1. The Morgan fingerprint density at radius 3 is 2.71 bits per heavy atom.